The van der Waals surface area contributed by atoms with Crippen molar-refractivity contribution in [3.63, 3.8) is 0 Å². The number of carbonyl (C=O) groups is 2. The van der Waals surface area contributed by atoms with Gasteiger partial charge in [0.2, 0.25) is 11.8 Å². The maximum atomic E-state index is 12.4. The van der Waals surface area contributed by atoms with Crippen molar-refractivity contribution < 1.29 is 14.7 Å². The van der Waals surface area contributed by atoms with Gasteiger partial charge in [-0.15, -0.1) is 0 Å². The predicted molar refractivity (Wildman–Crippen MR) is 76.1 cm³/mol. The Morgan fingerprint density at radius 3 is 2.62 bits per heavy atom. The molecule has 1 aliphatic carbocycles. The number of aliphatic hydroxyl groups excluding tert-OH is 1. The molecule has 1 aliphatic heterocycles. The summed E-state index contributed by atoms with van der Waals surface area (Å²) in [7, 11) is 0. The molecule has 3 rings (SSSR count). The van der Waals surface area contributed by atoms with Crippen LogP contribution in [0.2, 0.25) is 0 Å². The molecule has 0 spiro atoms. The second kappa shape index (κ2) is 5.66. The lowest BCUT2D eigenvalue weighted by molar-refractivity contribution is -0.133. The lowest BCUT2D eigenvalue weighted by Gasteiger charge is -2.28. The Labute approximate surface area is 123 Å². The van der Waals surface area contributed by atoms with Crippen LogP contribution in [0.3, 0.4) is 0 Å². The highest BCUT2D eigenvalue weighted by Gasteiger charge is 2.46. The molecule has 0 radical (unpaired) electrons. The van der Waals surface area contributed by atoms with E-state index in [4.69, 9.17) is 5.11 Å². The van der Waals surface area contributed by atoms with Crippen LogP contribution in [0.25, 0.3) is 0 Å². The van der Waals surface area contributed by atoms with Crippen LogP contribution in [-0.4, -0.2) is 28.5 Å². The number of nitrogens with zero attached hydrogens (tertiary/aromatic N) is 2. The minimum absolute atomic E-state index is 0.000846. The zero-order valence-corrected chi connectivity index (χ0v) is 11.6. The summed E-state index contributed by atoms with van der Waals surface area (Å²) < 4.78 is 0. The number of aliphatic hydroxyl groups is 1. The number of hydrogen-bond acceptors (Lipinski definition) is 4. The number of rotatable bonds is 2. The number of piperidine rings is 1. The summed E-state index contributed by atoms with van der Waals surface area (Å²) in [5.74, 6) is 5.60. The number of aromatic nitrogens is 1. The summed E-state index contributed by atoms with van der Waals surface area (Å²) in [6.07, 6.45) is 2.64. The minimum Gasteiger partial charge on any atom is -0.395 e. The van der Waals surface area contributed by atoms with E-state index in [1.807, 2.05) is 0 Å². The fourth-order valence-electron chi connectivity index (χ4n) is 2.96. The van der Waals surface area contributed by atoms with Gasteiger partial charge in [-0.2, -0.15) is 0 Å². The number of hydrogen-bond donors (Lipinski definition) is 1. The van der Waals surface area contributed by atoms with Gasteiger partial charge in [0.05, 0.1) is 6.61 Å². The van der Waals surface area contributed by atoms with Crippen molar-refractivity contribution in [3.8, 4) is 11.8 Å². The highest BCUT2D eigenvalue weighted by Crippen LogP contribution is 2.39. The van der Waals surface area contributed by atoms with Crippen LogP contribution in [0, 0.1) is 23.7 Å². The van der Waals surface area contributed by atoms with Gasteiger partial charge in [0, 0.05) is 18.3 Å². The molecule has 1 saturated carbocycles. The van der Waals surface area contributed by atoms with Crippen LogP contribution >= 0.6 is 0 Å². The summed E-state index contributed by atoms with van der Waals surface area (Å²) in [6, 6.07) is 5.13. The third-order valence-corrected chi connectivity index (χ3v) is 3.99. The molecule has 2 heterocycles. The summed E-state index contributed by atoms with van der Waals surface area (Å²) in [4.78, 5) is 30.2. The van der Waals surface area contributed by atoms with Gasteiger partial charge in [-0.05, 0) is 37.3 Å². The Morgan fingerprint density at radius 2 is 1.95 bits per heavy atom. The minimum atomic E-state index is -0.137. The van der Waals surface area contributed by atoms with Crippen molar-refractivity contribution in [1.29, 1.82) is 0 Å². The van der Waals surface area contributed by atoms with Crippen molar-refractivity contribution in [2.24, 2.45) is 11.8 Å². The number of amides is 2. The topological polar surface area (TPSA) is 70.5 Å². The second-order valence-corrected chi connectivity index (χ2v) is 5.38. The largest absolute Gasteiger partial charge is 0.395 e. The normalized spacial score (nSPS) is 24.0. The first kappa shape index (κ1) is 13.8. The van der Waals surface area contributed by atoms with E-state index in [-0.39, 0.29) is 30.3 Å². The lowest BCUT2D eigenvalue weighted by atomic mass is 9.97. The second-order valence-electron chi connectivity index (χ2n) is 5.38. The molecular formula is C16H16N2O3. The lowest BCUT2D eigenvalue weighted by Crippen LogP contribution is -2.46. The number of carbonyl (C=O) groups excluding carboxylic acids is 2. The Morgan fingerprint density at radius 1 is 1.24 bits per heavy atom. The van der Waals surface area contributed by atoms with Crippen LogP contribution in [0.15, 0.2) is 18.2 Å². The maximum absolute atomic E-state index is 12.4. The zero-order valence-electron chi connectivity index (χ0n) is 11.6. The van der Waals surface area contributed by atoms with Crippen molar-refractivity contribution in [3.05, 3.63) is 23.9 Å². The third-order valence-electron chi connectivity index (χ3n) is 3.99. The molecule has 2 aliphatic rings. The Hall–Kier alpha value is -2.19. The van der Waals surface area contributed by atoms with Gasteiger partial charge in [-0.1, -0.05) is 12.0 Å². The number of anilines is 1. The molecule has 1 saturated heterocycles. The van der Waals surface area contributed by atoms with Gasteiger partial charge in [0.1, 0.15) is 11.5 Å². The van der Waals surface area contributed by atoms with Crippen LogP contribution in [0.1, 0.15) is 31.4 Å². The van der Waals surface area contributed by atoms with E-state index in [9.17, 15) is 9.59 Å². The number of imide groups is 1. The van der Waals surface area contributed by atoms with Gasteiger partial charge >= 0.3 is 0 Å². The van der Waals surface area contributed by atoms with E-state index in [1.54, 1.807) is 18.2 Å². The van der Waals surface area contributed by atoms with Crippen LogP contribution < -0.4 is 4.90 Å². The zero-order chi connectivity index (χ0) is 14.8. The van der Waals surface area contributed by atoms with E-state index in [2.05, 4.69) is 16.8 Å². The van der Waals surface area contributed by atoms with Crippen molar-refractivity contribution in [1.82, 2.24) is 4.98 Å². The Balaban J connectivity index is 1.90. The first-order valence-electron chi connectivity index (χ1n) is 7.15. The molecule has 2 amide bonds. The molecule has 21 heavy (non-hydrogen) atoms. The van der Waals surface area contributed by atoms with Gasteiger partial charge < -0.3 is 5.11 Å². The SMILES string of the molecule is O=C1C2CCC(C2)C(=O)N1c1cccc(C#CCCO)n1. The maximum Gasteiger partial charge on any atom is 0.238 e. The molecule has 1 N–H and O–H groups in total. The van der Waals surface area contributed by atoms with Crippen molar-refractivity contribution >= 4 is 17.6 Å². The average molecular weight is 284 g/mol. The monoisotopic (exact) mass is 284 g/mol. The van der Waals surface area contributed by atoms with E-state index in [1.165, 1.54) is 4.90 Å². The molecule has 108 valence electrons. The van der Waals surface area contributed by atoms with Gasteiger partial charge in [-0.3, -0.25) is 9.59 Å². The highest BCUT2D eigenvalue weighted by molar-refractivity contribution is 6.18. The van der Waals surface area contributed by atoms with Crippen LogP contribution in [0.5, 0.6) is 0 Å². The van der Waals surface area contributed by atoms with E-state index in [0.717, 1.165) is 12.8 Å². The standard InChI is InChI=1S/C16H16N2O3/c19-9-2-1-4-13-5-3-6-14(17-13)18-15(20)11-7-8-12(10-11)16(18)21/h3,5-6,11-12,19H,2,7-10H2. The van der Waals surface area contributed by atoms with Crippen LogP contribution in [-0.2, 0) is 9.59 Å². The molecular weight excluding hydrogens is 268 g/mol. The summed E-state index contributed by atoms with van der Waals surface area (Å²) >= 11 is 0. The molecule has 1 aromatic heterocycles. The average Bonchev–Trinajstić information content (AvgIpc) is 2.93. The smallest absolute Gasteiger partial charge is 0.238 e. The molecule has 2 atom stereocenters. The molecule has 1 aromatic rings. The molecule has 2 fully saturated rings. The van der Waals surface area contributed by atoms with Gasteiger partial charge in [0.25, 0.3) is 0 Å². The first-order valence-corrected chi connectivity index (χ1v) is 7.15. The third kappa shape index (κ3) is 2.55. The molecule has 2 bridgehead atoms. The Kier molecular flexibility index (Phi) is 3.72. The van der Waals surface area contributed by atoms with E-state index in [0.29, 0.717) is 24.4 Å². The molecule has 0 aromatic carbocycles. The predicted octanol–water partition coefficient (Wildman–Crippen LogP) is 1.10. The number of pyridine rings is 1. The Bertz CT molecular complexity index is 622. The highest BCUT2D eigenvalue weighted by atomic mass is 16.2. The summed E-state index contributed by atoms with van der Waals surface area (Å²) in [6.45, 7) is -0.000846. The van der Waals surface area contributed by atoms with Crippen molar-refractivity contribution in [2.75, 3.05) is 11.5 Å². The first-order chi connectivity index (χ1) is 10.2. The number of fused-ring (bicyclic) bond motifs is 2. The van der Waals surface area contributed by atoms with Crippen LogP contribution in [0.4, 0.5) is 5.82 Å². The van der Waals surface area contributed by atoms with E-state index < -0.39 is 0 Å². The van der Waals surface area contributed by atoms with Gasteiger partial charge in [0.15, 0.2) is 0 Å². The van der Waals surface area contributed by atoms with Gasteiger partial charge in [-0.25, -0.2) is 9.88 Å². The quantitative estimate of drug-likeness (QED) is 0.652. The molecule has 5 heteroatoms. The fourth-order valence-corrected chi connectivity index (χ4v) is 2.96. The summed E-state index contributed by atoms with van der Waals surface area (Å²) in [5.41, 5.74) is 0.500. The fraction of sp³-hybridized carbons (Fsp3) is 0.438. The molecule has 2 unspecified atom stereocenters. The van der Waals surface area contributed by atoms with Crippen molar-refractivity contribution in [2.45, 2.75) is 25.7 Å². The molecule has 5 nitrogen and oxygen atoms in total. The summed E-state index contributed by atoms with van der Waals surface area (Å²) in [5, 5.41) is 8.72. The van der Waals surface area contributed by atoms with E-state index >= 15 is 0 Å².